The number of benzene rings is 1. The van der Waals surface area contributed by atoms with Crippen LogP contribution in [0.5, 0.6) is 0 Å². The number of amides is 1. The maximum absolute atomic E-state index is 15.0. The van der Waals surface area contributed by atoms with Crippen LogP contribution in [-0.2, 0) is 20.8 Å². The van der Waals surface area contributed by atoms with Crippen molar-refractivity contribution in [3.63, 3.8) is 0 Å². The maximum atomic E-state index is 15.0. The van der Waals surface area contributed by atoms with Crippen molar-refractivity contribution in [2.24, 2.45) is 0 Å². The first-order valence-corrected chi connectivity index (χ1v) is 12.7. The van der Waals surface area contributed by atoms with E-state index in [1.54, 1.807) is 16.4 Å². The van der Waals surface area contributed by atoms with Crippen LogP contribution in [0.4, 0.5) is 14.9 Å². The summed E-state index contributed by atoms with van der Waals surface area (Å²) in [6.07, 6.45) is 6.00. The third kappa shape index (κ3) is 6.99. The highest BCUT2D eigenvalue weighted by Crippen LogP contribution is 2.26. The van der Waals surface area contributed by atoms with Gasteiger partial charge in [-0.2, -0.15) is 0 Å². The standard InChI is InChI=1S/C26H34FN3O7/c1-3-5-6-7-8-9-23(31)36-17-37-26(35)30-12-10-29(11-13-30)22-15-21-18(14-20(22)27)24(32)19(25(33)34)16-28(21)4-2/h14-16H,3-13,17H2,1-2H3,(H,33,34). The van der Waals surface area contributed by atoms with Crippen LogP contribution in [0.2, 0.25) is 0 Å². The predicted octanol–water partition coefficient (Wildman–Crippen LogP) is 3.98. The van der Waals surface area contributed by atoms with E-state index in [4.69, 9.17) is 9.47 Å². The number of carbonyl (C=O) groups excluding carboxylic acids is 2. The molecule has 1 fully saturated rings. The number of nitrogens with zero attached hydrogens (tertiary/aromatic N) is 3. The number of halogens is 1. The SMILES string of the molecule is CCCCCCCC(=O)OCOC(=O)N1CCN(c2cc3c(cc2F)c(=O)c(C(=O)O)cn3CC)CC1. The molecule has 0 aliphatic carbocycles. The lowest BCUT2D eigenvalue weighted by molar-refractivity contribution is -0.152. The fraction of sp³-hybridized carbons (Fsp3) is 0.538. The summed E-state index contributed by atoms with van der Waals surface area (Å²) in [6.45, 7) is 5.03. The number of anilines is 1. The van der Waals surface area contributed by atoms with Crippen LogP contribution in [0, 0.1) is 5.82 Å². The normalized spacial score (nSPS) is 13.6. The quantitative estimate of drug-likeness (QED) is 0.269. The van der Waals surface area contributed by atoms with Crippen molar-refractivity contribution >= 4 is 34.6 Å². The minimum Gasteiger partial charge on any atom is -0.477 e. The van der Waals surface area contributed by atoms with Gasteiger partial charge in [0.05, 0.1) is 11.2 Å². The lowest BCUT2D eigenvalue weighted by Crippen LogP contribution is -2.49. The third-order valence-electron chi connectivity index (χ3n) is 6.49. The van der Waals surface area contributed by atoms with Crippen LogP contribution in [0.25, 0.3) is 10.9 Å². The van der Waals surface area contributed by atoms with Gasteiger partial charge in [0.1, 0.15) is 11.4 Å². The maximum Gasteiger partial charge on any atom is 0.412 e. The van der Waals surface area contributed by atoms with Gasteiger partial charge in [0.25, 0.3) is 0 Å². The zero-order chi connectivity index (χ0) is 26.9. The van der Waals surface area contributed by atoms with Crippen molar-refractivity contribution in [2.75, 3.05) is 37.9 Å². The zero-order valence-electron chi connectivity index (χ0n) is 21.3. The largest absolute Gasteiger partial charge is 0.477 e. The first-order valence-electron chi connectivity index (χ1n) is 12.7. The molecule has 0 radical (unpaired) electrons. The van der Waals surface area contributed by atoms with Crippen LogP contribution in [0.1, 0.15) is 62.7 Å². The smallest absolute Gasteiger partial charge is 0.412 e. The molecule has 202 valence electrons. The molecule has 1 N–H and O–H groups in total. The molecule has 1 aliphatic heterocycles. The number of unbranched alkanes of at least 4 members (excludes halogenated alkanes) is 4. The number of ether oxygens (including phenoxy) is 2. The Morgan fingerprint density at radius 1 is 1.00 bits per heavy atom. The Morgan fingerprint density at radius 2 is 1.70 bits per heavy atom. The third-order valence-corrected chi connectivity index (χ3v) is 6.49. The van der Waals surface area contributed by atoms with Crippen molar-refractivity contribution in [3.05, 3.63) is 39.9 Å². The van der Waals surface area contributed by atoms with Crippen molar-refractivity contribution in [1.29, 1.82) is 0 Å². The van der Waals surface area contributed by atoms with Gasteiger partial charge in [0, 0.05) is 50.7 Å². The second-order valence-electron chi connectivity index (χ2n) is 8.97. The van der Waals surface area contributed by atoms with E-state index < -0.39 is 41.6 Å². The Labute approximate surface area is 214 Å². The number of aromatic nitrogens is 1. The molecule has 1 amide bonds. The summed E-state index contributed by atoms with van der Waals surface area (Å²) in [5.41, 5.74) is -0.449. The fourth-order valence-corrected chi connectivity index (χ4v) is 4.37. The van der Waals surface area contributed by atoms with E-state index in [1.807, 2.05) is 0 Å². The minimum absolute atomic E-state index is 0.000667. The molecule has 1 aliphatic rings. The Hall–Kier alpha value is -3.63. The van der Waals surface area contributed by atoms with Crippen LogP contribution in [-0.4, -0.2) is 65.6 Å². The summed E-state index contributed by atoms with van der Waals surface area (Å²) in [5, 5.41) is 9.30. The van der Waals surface area contributed by atoms with Crippen LogP contribution < -0.4 is 10.3 Å². The zero-order valence-corrected chi connectivity index (χ0v) is 21.3. The number of aryl methyl sites for hydroxylation is 1. The Morgan fingerprint density at radius 3 is 2.35 bits per heavy atom. The lowest BCUT2D eigenvalue weighted by atomic mass is 10.1. The second-order valence-corrected chi connectivity index (χ2v) is 8.97. The molecular formula is C26H34FN3O7. The van der Waals surface area contributed by atoms with E-state index in [2.05, 4.69) is 6.92 Å². The number of esters is 1. The van der Waals surface area contributed by atoms with E-state index in [1.165, 1.54) is 17.2 Å². The second kappa shape index (κ2) is 13.1. The molecule has 0 atom stereocenters. The topological polar surface area (TPSA) is 118 Å². The number of pyridine rings is 1. The Balaban J connectivity index is 1.56. The summed E-state index contributed by atoms with van der Waals surface area (Å²) in [5.74, 6) is -2.41. The number of rotatable bonds is 11. The van der Waals surface area contributed by atoms with E-state index in [-0.39, 0.29) is 24.2 Å². The first kappa shape index (κ1) is 27.9. The molecule has 3 rings (SSSR count). The average Bonchev–Trinajstić information content (AvgIpc) is 2.88. The van der Waals surface area contributed by atoms with Gasteiger partial charge in [-0.3, -0.25) is 9.59 Å². The summed E-state index contributed by atoms with van der Waals surface area (Å²) < 4.78 is 26.6. The van der Waals surface area contributed by atoms with Crippen molar-refractivity contribution in [2.45, 2.75) is 58.9 Å². The Kier molecular flexibility index (Phi) is 9.87. The van der Waals surface area contributed by atoms with Crippen LogP contribution in [0.15, 0.2) is 23.1 Å². The van der Waals surface area contributed by atoms with E-state index in [0.717, 1.165) is 38.2 Å². The molecule has 1 aromatic carbocycles. The number of carbonyl (C=O) groups is 3. The van der Waals surface area contributed by atoms with Crippen LogP contribution in [0.3, 0.4) is 0 Å². The number of carboxylic acid groups (broad SMARTS) is 1. The molecule has 2 heterocycles. The van der Waals surface area contributed by atoms with E-state index in [9.17, 15) is 24.3 Å². The highest BCUT2D eigenvalue weighted by molar-refractivity contribution is 5.93. The van der Waals surface area contributed by atoms with Crippen molar-refractivity contribution in [3.8, 4) is 0 Å². The predicted molar refractivity (Wildman–Crippen MR) is 135 cm³/mol. The van der Waals surface area contributed by atoms with Gasteiger partial charge in [-0.15, -0.1) is 0 Å². The first-order chi connectivity index (χ1) is 17.8. The summed E-state index contributed by atoms with van der Waals surface area (Å²) in [6, 6.07) is 2.61. The fourth-order valence-electron chi connectivity index (χ4n) is 4.37. The average molecular weight is 520 g/mol. The lowest BCUT2D eigenvalue weighted by Gasteiger charge is -2.35. The summed E-state index contributed by atoms with van der Waals surface area (Å²) in [7, 11) is 0. The highest BCUT2D eigenvalue weighted by Gasteiger charge is 2.25. The number of carboxylic acids is 1. The van der Waals surface area contributed by atoms with Gasteiger partial charge < -0.3 is 28.9 Å². The van der Waals surface area contributed by atoms with E-state index >= 15 is 4.39 Å². The molecule has 0 unspecified atom stereocenters. The molecule has 0 saturated carbocycles. The molecular weight excluding hydrogens is 485 g/mol. The molecule has 0 spiro atoms. The summed E-state index contributed by atoms with van der Waals surface area (Å²) >= 11 is 0. The van der Waals surface area contributed by atoms with Gasteiger partial charge in [-0.25, -0.2) is 14.0 Å². The van der Waals surface area contributed by atoms with Gasteiger partial charge in [0.2, 0.25) is 12.2 Å². The highest BCUT2D eigenvalue weighted by atomic mass is 19.1. The molecule has 1 aromatic heterocycles. The number of hydrogen-bond donors (Lipinski definition) is 1. The summed E-state index contributed by atoms with van der Waals surface area (Å²) in [4.78, 5) is 51.3. The van der Waals surface area contributed by atoms with Crippen LogP contribution >= 0.6 is 0 Å². The molecule has 1 saturated heterocycles. The van der Waals surface area contributed by atoms with Gasteiger partial charge in [-0.05, 0) is 25.5 Å². The van der Waals surface area contributed by atoms with E-state index in [0.29, 0.717) is 31.6 Å². The minimum atomic E-state index is -1.36. The molecule has 11 heteroatoms. The van der Waals surface area contributed by atoms with Crippen molar-refractivity contribution < 1.29 is 33.4 Å². The monoisotopic (exact) mass is 519 g/mol. The number of fused-ring (bicyclic) bond motifs is 1. The molecule has 37 heavy (non-hydrogen) atoms. The van der Waals surface area contributed by atoms with Gasteiger partial charge in [0.15, 0.2) is 0 Å². The molecule has 0 bridgehead atoms. The van der Waals surface area contributed by atoms with Gasteiger partial charge >= 0.3 is 18.0 Å². The number of hydrogen-bond acceptors (Lipinski definition) is 7. The number of aromatic carboxylic acids is 1. The van der Waals surface area contributed by atoms with Crippen molar-refractivity contribution in [1.82, 2.24) is 9.47 Å². The Bertz CT molecular complexity index is 1190. The molecule has 2 aromatic rings. The van der Waals surface area contributed by atoms with Gasteiger partial charge in [-0.1, -0.05) is 32.6 Å². The molecule has 10 nitrogen and oxygen atoms in total. The number of piperazine rings is 1.